The molecule has 3 aliphatic rings. The Morgan fingerprint density at radius 2 is 1.69 bits per heavy atom. The molecule has 39 heavy (non-hydrogen) atoms. The van der Waals surface area contributed by atoms with Gasteiger partial charge >= 0.3 is 0 Å². The number of aromatic hydroxyl groups is 1. The fraction of sp³-hybridized carbons (Fsp3) is 0.321. The van der Waals surface area contributed by atoms with Crippen molar-refractivity contribution in [1.29, 1.82) is 0 Å². The van der Waals surface area contributed by atoms with E-state index in [4.69, 9.17) is 5.73 Å². The van der Waals surface area contributed by atoms with Crippen LogP contribution < -0.4 is 5.73 Å². The number of carbonyl (C=O) groups is 5. The zero-order chi connectivity index (χ0) is 28.5. The summed E-state index contributed by atoms with van der Waals surface area (Å²) in [5, 5.41) is 34.1. The van der Waals surface area contributed by atoms with Crippen LogP contribution in [0.4, 0.5) is 4.39 Å². The fourth-order valence-corrected chi connectivity index (χ4v) is 6.41. The molecular formula is C28H25FN2O8. The number of hydrogen-bond acceptors (Lipinski definition) is 9. The number of phenols is 1. The van der Waals surface area contributed by atoms with Gasteiger partial charge in [0.05, 0.1) is 29.5 Å². The van der Waals surface area contributed by atoms with Gasteiger partial charge < -0.3 is 21.1 Å². The molecule has 2 aromatic rings. The highest BCUT2D eigenvalue weighted by atomic mass is 19.1. The molecule has 0 radical (unpaired) electrons. The van der Waals surface area contributed by atoms with Gasteiger partial charge in [-0.25, -0.2) is 4.39 Å². The van der Waals surface area contributed by atoms with E-state index in [1.165, 1.54) is 67.5 Å². The second-order valence-electron chi connectivity index (χ2n) is 10.4. The van der Waals surface area contributed by atoms with Gasteiger partial charge in [-0.2, -0.15) is 0 Å². The number of hydrogen-bond donors (Lipinski definition) is 4. The molecule has 5 N–H and O–H groups in total. The van der Waals surface area contributed by atoms with E-state index in [1.54, 1.807) is 0 Å². The summed E-state index contributed by atoms with van der Waals surface area (Å²) in [5.41, 5.74) is 2.78. The lowest BCUT2D eigenvalue weighted by atomic mass is 9.50. The van der Waals surface area contributed by atoms with Crippen molar-refractivity contribution in [3.05, 3.63) is 65.0 Å². The second-order valence-corrected chi connectivity index (χ2v) is 10.4. The minimum atomic E-state index is -3.10. The third-order valence-corrected chi connectivity index (χ3v) is 8.06. The summed E-state index contributed by atoms with van der Waals surface area (Å²) in [7, 11) is 2.82. The van der Waals surface area contributed by atoms with E-state index in [9.17, 15) is 43.7 Å². The Morgan fingerprint density at radius 1 is 1.05 bits per heavy atom. The van der Waals surface area contributed by atoms with E-state index in [2.05, 4.69) is 0 Å². The predicted molar refractivity (Wildman–Crippen MR) is 133 cm³/mol. The molecule has 2 fully saturated rings. The molecule has 1 amide bonds. The van der Waals surface area contributed by atoms with Crippen LogP contribution in [0.25, 0.3) is 11.6 Å². The average molecular weight is 537 g/mol. The lowest BCUT2D eigenvalue weighted by Crippen LogP contribution is -2.77. The maximum absolute atomic E-state index is 14.0. The lowest BCUT2D eigenvalue weighted by Gasteiger charge is -2.55. The summed E-state index contributed by atoms with van der Waals surface area (Å²) in [6.07, 6.45) is -0.315. The average Bonchev–Trinajstić information content (AvgIpc) is 2.86. The number of Topliss-reactive ketones (excluding diaryl/α,β-unsaturated/α-hetero) is 4. The molecule has 0 aliphatic heterocycles. The van der Waals surface area contributed by atoms with Crippen molar-refractivity contribution >= 4 is 40.7 Å². The van der Waals surface area contributed by atoms with E-state index in [0.717, 1.165) is 0 Å². The molecule has 0 aromatic heterocycles. The summed E-state index contributed by atoms with van der Waals surface area (Å²) in [4.78, 5) is 67.9. The molecule has 0 spiro atoms. The lowest BCUT2D eigenvalue weighted by molar-refractivity contribution is -0.192. The van der Waals surface area contributed by atoms with Gasteiger partial charge in [0.2, 0.25) is 5.91 Å². The quantitative estimate of drug-likeness (QED) is 0.393. The van der Waals surface area contributed by atoms with Crippen molar-refractivity contribution < 1.29 is 43.7 Å². The van der Waals surface area contributed by atoms with E-state index in [0.29, 0.717) is 5.56 Å². The maximum Gasteiger partial charge on any atom is 0.235 e. The number of halogens is 1. The van der Waals surface area contributed by atoms with Crippen LogP contribution in [0.2, 0.25) is 0 Å². The summed E-state index contributed by atoms with van der Waals surface area (Å²) < 4.78 is 13.6. The smallest absolute Gasteiger partial charge is 0.235 e. The second kappa shape index (κ2) is 9.01. The Bertz CT molecular complexity index is 1480. The van der Waals surface area contributed by atoms with Crippen LogP contribution in [0.1, 0.15) is 21.5 Å². The minimum absolute atomic E-state index is 0.188. The van der Waals surface area contributed by atoms with Crippen LogP contribution in [-0.2, 0) is 19.2 Å². The van der Waals surface area contributed by atoms with Gasteiger partial charge in [0.25, 0.3) is 0 Å². The number of primary amides is 1. The summed E-state index contributed by atoms with van der Waals surface area (Å²) in [5.74, 6) is -14.2. The van der Waals surface area contributed by atoms with E-state index >= 15 is 0 Å². The molecule has 202 valence electrons. The zero-order valence-electron chi connectivity index (χ0n) is 20.9. The number of fused-ring (bicyclic) bond motifs is 3. The highest BCUT2D eigenvalue weighted by Crippen LogP contribution is 2.54. The number of nitrogens with zero attached hydrogens (tertiary/aromatic N) is 1. The van der Waals surface area contributed by atoms with Crippen LogP contribution >= 0.6 is 0 Å². The number of ketones is 4. The highest BCUT2D eigenvalue weighted by Gasteiger charge is 2.72. The Balaban J connectivity index is 1.79. The molecule has 7 atom stereocenters. The number of likely N-dealkylation sites (N-methyl/N-ethyl adjacent to an activating group) is 1. The first-order valence-electron chi connectivity index (χ1n) is 12.1. The van der Waals surface area contributed by atoms with Gasteiger partial charge in [0, 0.05) is 5.92 Å². The first-order valence-corrected chi connectivity index (χ1v) is 12.1. The zero-order valence-corrected chi connectivity index (χ0v) is 20.9. The number of nitrogens with two attached hydrogens (primary N) is 1. The summed E-state index contributed by atoms with van der Waals surface area (Å²) in [6.45, 7) is 0. The van der Waals surface area contributed by atoms with Crippen molar-refractivity contribution in [3.63, 3.8) is 0 Å². The SMILES string of the molecule is CN(C)C1C(=O)C(C(N)=O)C(=O)C2(O)C(=O)C3C(=O)c4c(O)cccc4C(=Cc4ccc(F)cc4)C3C(O)C12. The third-order valence-electron chi connectivity index (χ3n) is 8.06. The molecule has 10 nitrogen and oxygen atoms in total. The molecule has 7 unspecified atom stereocenters. The molecule has 3 aliphatic carbocycles. The Labute approximate surface area is 221 Å². The third kappa shape index (κ3) is 3.61. The van der Waals surface area contributed by atoms with Crippen LogP contribution in [-0.4, -0.2) is 81.1 Å². The Morgan fingerprint density at radius 3 is 2.28 bits per heavy atom. The molecule has 0 saturated heterocycles. The number of carbonyl (C=O) groups excluding carboxylic acids is 5. The van der Waals surface area contributed by atoms with Gasteiger partial charge in [-0.3, -0.25) is 28.9 Å². The van der Waals surface area contributed by atoms with Crippen molar-refractivity contribution in [3.8, 4) is 5.75 Å². The van der Waals surface area contributed by atoms with Gasteiger partial charge in [-0.05, 0) is 49.0 Å². The van der Waals surface area contributed by atoms with Crippen LogP contribution in [0.5, 0.6) is 5.75 Å². The number of benzene rings is 2. The first kappa shape index (κ1) is 26.5. The largest absolute Gasteiger partial charge is 0.507 e. The number of rotatable bonds is 3. The monoisotopic (exact) mass is 536 g/mol. The van der Waals surface area contributed by atoms with Gasteiger partial charge in [0.15, 0.2) is 34.7 Å². The molecule has 0 bridgehead atoms. The fourth-order valence-electron chi connectivity index (χ4n) is 6.41. The van der Waals surface area contributed by atoms with Crippen LogP contribution in [0, 0.1) is 29.5 Å². The molecule has 2 aromatic carbocycles. The van der Waals surface area contributed by atoms with Gasteiger partial charge in [0.1, 0.15) is 11.6 Å². The predicted octanol–water partition coefficient (Wildman–Crippen LogP) is -0.0250. The molecule has 5 rings (SSSR count). The van der Waals surface area contributed by atoms with E-state index < -0.39 is 82.0 Å². The normalized spacial score (nSPS) is 33.1. The van der Waals surface area contributed by atoms with E-state index in [-0.39, 0.29) is 16.7 Å². The number of amides is 1. The van der Waals surface area contributed by atoms with Crippen LogP contribution in [0.3, 0.4) is 0 Å². The maximum atomic E-state index is 14.0. The number of aliphatic hydroxyl groups is 2. The molecular weight excluding hydrogens is 511 g/mol. The van der Waals surface area contributed by atoms with Crippen molar-refractivity contribution in [2.24, 2.45) is 29.4 Å². The number of aliphatic hydroxyl groups excluding tert-OH is 1. The molecule has 2 saturated carbocycles. The Kier molecular flexibility index (Phi) is 6.13. The Hall–Kier alpha value is -4.06. The summed E-state index contributed by atoms with van der Waals surface area (Å²) in [6, 6.07) is 7.93. The topological polar surface area (TPSA) is 175 Å². The molecule has 11 heteroatoms. The van der Waals surface area contributed by atoms with Gasteiger partial charge in [-0.15, -0.1) is 0 Å². The van der Waals surface area contributed by atoms with Crippen LogP contribution in [0.15, 0.2) is 42.5 Å². The van der Waals surface area contributed by atoms with Crippen molar-refractivity contribution in [1.82, 2.24) is 4.90 Å². The highest BCUT2D eigenvalue weighted by molar-refractivity contribution is 6.33. The summed E-state index contributed by atoms with van der Waals surface area (Å²) >= 11 is 0. The number of phenolic OH excluding ortho intramolecular Hbond substituents is 1. The minimum Gasteiger partial charge on any atom is -0.507 e. The molecule has 0 heterocycles. The van der Waals surface area contributed by atoms with Crippen molar-refractivity contribution in [2.45, 2.75) is 17.7 Å². The first-order chi connectivity index (χ1) is 18.3. The standard InChI is InChI=1S/C28H25FN2O8/c1-31(2)21-20-23(34)17-14(10-11-6-8-12(29)9-7-11)13-4-3-5-15(32)16(13)22(33)18(17)25(36)28(20,39)26(37)19(24(21)35)27(30)38/h3-10,17-21,23,32,34,39H,1-2H3,(H2,30,38). The van der Waals surface area contributed by atoms with E-state index in [1.807, 2.05) is 0 Å². The van der Waals surface area contributed by atoms with Gasteiger partial charge in [-0.1, -0.05) is 30.3 Å². The van der Waals surface area contributed by atoms with Crippen molar-refractivity contribution in [2.75, 3.05) is 14.1 Å².